The van der Waals surface area contributed by atoms with Gasteiger partial charge in [-0.05, 0) is 19.1 Å². The molecule has 0 aliphatic rings. The second-order valence-electron chi connectivity index (χ2n) is 2.82. The Morgan fingerprint density at radius 2 is 1.93 bits per heavy atom. The molecule has 0 spiro atoms. The van der Waals surface area contributed by atoms with Crippen LogP contribution in [-0.2, 0) is 10.0 Å². The number of benzene rings is 1. The van der Waals surface area contributed by atoms with Crippen molar-refractivity contribution in [3.8, 4) is 0 Å². The van der Waals surface area contributed by atoms with Crippen molar-refractivity contribution in [2.75, 3.05) is 17.1 Å². The van der Waals surface area contributed by atoms with Crippen molar-refractivity contribution < 1.29 is 12.8 Å². The summed E-state index contributed by atoms with van der Waals surface area (Å²) < 4.78 is 37.0. The van der Waals surface area contributed by atoms with Crippen LogP contribution >= 0.6 is 0 Å². The van der Waals surface area contributed by atoms with Crippen molar-refractivity contribution in [2.45, 2.75) is 6.92 Å². The molecular weight excluding hydrogens is 205 g/mol. The molecule has 0 unspecified atom stereocenters. The third-order valence-corrected chi connectivity index (χ3v) is 3.73. The van der Waals surface area contributed by atoms with Gasteiger partial charge in [-0.25, -0.2) is 12.8 Å². The van der Waals surface area contributed by atoms with Crippen LogP contribution in [0.4, 0.5) is 10.1 Å². The number of nitrogens with zero attached hydrogens (tertiary/aromatic N) is 1. The highest BCUT2D eigenvalue weighted by atomic mass is 32.2. The third kappa shape index (κ3) is 2.04. The van der Waals surface area contributed by atoms with Gasteiger partial charge in [0, 0.05) is 7.05 Å². The molecule has 0 saturated carbocycles. The standard InChI is InChI=1S/C9H12FNO2S/c1-3-14(12,13)11(2)9-7-5-4-6-8(9)10/h4-7H,3H2,1-2H3. The first-order chi connectivity index (χ1) is 6.49. The number of halogens is 1. The molecule has 3 nitrogen and oxygen atoms in total. The predicted octanol–water partition coefficient (Wildman–Crippen LogP) is 1.61. The van der Waals surface area contributed by atoms with Crippen LogP contribution in [-0.4, -0.2) is 21.2 Å². The largest absolute Gasteiger partial charge is 0.270 e. The van der Waals surface area contributed by atoms with Gasteiger partial charge in [-0.2, -0.15) is 0 Å². The van der Waals surface area contributed by atoms with Gasteiger partial charge in [0.1, 0.15) is 5.82 Å². The number of hydrogen-bond acceptors (Lipinski definition) is 2. The van der Waals surface area contributed by atoms with Crippen LogP contribution in [0.5, 0.6) is 0 Å². The Morgan fingerprint density at radius 3 is 2.43 bits per heavy atom. The highest BCUT2D eigenvalue weighted by molar-refractivity contribution is 7.92. The van der Waals surface area contributed by atoms with Gasteiger partial charge in [-0.1, -0.05) is 12.1 Å². The maximum Gasteiger partial charge on any atom is 0.234 e. The van der Waals surface area contributed by atoms with Crippen molar-refractivity contribution in [1.29, 1.82) is 0 Å². The van der Waals surface area contributed by atoms with Crippen LogP contribution in [0.2, 0.25) is 0 Å². The molecule has 0 aliphatic heterocycles. The average Bonchev–Trinajstić information content (AvgIpc) is 2.17. The third-order valence-electron chi connectivity index (χ3n) is 1.97. The Balaban J connectivity index is 3.14. The summed E-state index contributed by atoms with van der Waals surface area (Å²) in [6.07, 6.45) is 0. The molecule has 0 saturated heterocycles. The Morgan fingerprint density at radius 1 is 1.36 bits per heavy atom. The molecule has 1 rings (SSSR count). The maximum atomic E-state index is 13.2. The second-order valence-corrected chi connectivity index (χ2v) is 5.11. The first-order valence-corrected chi connectivity index (χ1v) is 5.81. The first kappa shape index (κ1) is 11.0. The van der Waals surface area contributed by atoms with Crippen LogP contribution < -0.4 is 4.31 Å². The van der Waals surface area contributed by atoms with Crippen LogP contribution in [0.25, 0.3) is 0 Å². The molecule has 0 aromatic heterocycles. The van der Waals surface area contributed by atoms with E-state index in [0.717, 1.165) is 4.31 Å². The van der Waals surface area contributed by atoms with E-state index in [4.69, 9.17) is 0 Å². The van der Waals surface area contributed by atoms with E-state index >= 15 is 0 Å². The molecule has 0 amide bonds. The smallest absolute Gasteiger partial charge is 0.234 e. The Kier molecular flexibility index (Phi) is 3.10. The molecule has 0 radical (unpaired) electrons. The van der Waals surface area contributed by atoms with E-state index in [2.05, 4.69) is 0 Å². The topological polar surface area (TPSA) is 37.4 Å². The lowest BCUT2D eigenvalue weighted by molar-refractivity contribution is 0.591. The van der Waals surface area contributed by atoms with Crippen LogP contribution in [0, 0.1) is 5.82 Å². The van der Waals surface area contributed by atoms with E-state index in [9.17, 15) is 12.8 Å². The number of sulfonamides is 1. The summed E-state index contributed by atoms with van der Waals surface area (Å²) in [6, 6.07) is 5.78. The molecule has 0 heterocycles. The van der Waals surface area contributed by atoms with Gasteiger partial charge in [0.2, 0.25) is 10.0 Å². The monoisotopic (exact) mass is 217 g/mol. The summed E-state index contributed by atoms with van der Waals surface area (Å²) in [5.41, 5.74) is 0.0781. The maximum absolute atomic E-state index is 13.2. The highest BCUT2D eigenvalue weighted by Gasteiger charge is 2.18. The van der Waals surface area contributed by atoms with Gasteiger partial charge in [-0.15, -0.1) is 0 Å². The molecule has 0 N–H and O–H groups in total. The summed E-state index contributed by atoms with van der Waals surface area (Å²) in [6.45, 7) is 1.52. The Hall–Kier alpha value is -1.10. The van der Waals surface area contributed by atoms with Gasteiger partial charge >= 0.3 is 0 Å². The fraction of sp³-hybridized carbons (Fsp3) is 0.333. The lowest BCUT2D eigenvalue weighted by Gasteiger charge is -2.18. The van der Waals surface area contributed by atoms with Crippen molar-refractivity contribution in [3.05, 3.63) is 30.1 Å². The molecule has 0 fully saturated rings. The summed E-state index contributed by atoms with van der Waals surface area (Å²) in [4.78, 5) is 0. The zero-order valence-corrected chi connectivity index (χ0v) is 8.88. The van der Waals surface area contributed by atoms with E-state index in [1.807, 2.05) is 0 Å². The minimum absolute atomic E-state index is 0.0438. The molecular formula is C9H12FNO2S. The fourth-order valence-electron chi connectivity index (χ4n) is 1.05. The van der Waals surface area contributed by atoms with Crippen LogP contribution in [0.3, 0.4) is 0 Å². The molecule has 0 atom stereocenters. The van der Waals surface area contributed by atoms with Gasteiger partial charge in [-0.3, -0.25) is 4.31 Å². The van der Waals surface area contributed by atoms with Crippen molar-refractivity contribution in [1.82, 2.24) is 0 Å². The van der Waals surface area contributed by atoms with Crippen molar-refractivity contribution in [2.24, 2.45) is 0 Å². The fourth-order valence-corrected chi connectivity index (χ4v) is 1.89. The minimum Gasteiger partial charge on any atom is -0.270 e. The van der Waals surface area contributed by atoms with E-state index in [0.29, 0.717) is 0 Å². The summed E-state index contributed by atoms with van der Waals surface area (Å²) in [5.74, 6) is -0.579. The first-order valence-electron chi connectivity index (χ1n) is 4.20. The summed E-state index contributed by atoms with van der Waals surface area (Å²) in [7, 11) is -2.04. The number of para-hydroxylation sites is 1. The van der Waals surface area contributed by atoms with Crippen molar-refractivity contribution in [3.63, 3.8) is 0 Å². The molecule has 14 heavy (non-hydrogen) atoms. The zero-order chi connectivity index (χ0) is 10.8. The van der Waals surface area contributed by atoms with Gasteiger partial charge in [0.25, 0.3) is 0 Å². The molecule has 5 heteroatoms. The molecule has 1 aromatic carbocycles. The minimum atomic E-state index is -3.38. The summed E-state index contributed by atoms with van der Waals surface area (Å²) in [5, 5.41) is 0. The lowest BCUT2D eigenvalue weighted by atomic mass is 10.3. The quantitative estimate of drug-likeness (QED) is 0.771. The van der Waals surface area contributed by atoms with Crippen LogP contribution in [0.1, 0.15) is 6.92 Å². The normalized spacial score (nSPS) is 11.4. The number of hydrogen-bond donors (Lipinski definition) is 0. The molecule has 1 aromatic rings. The van der Waals surface area contributed by atoms with E-state index in [1.165, 1.54) is 32.2 Å². The zero-order valence-electron chi connectivity index (χ0n) is 8.07. The van der Waals surface area contributed by atoms with Gasteiger partial charge < -0.3 is 0 Å². The SMILES string of the molecule is CCS(=O)(=O)N(C)c1ccccc1F. The number of anilines is 1. The molecule has 0 aliphatic carbocycles. The van der Waals surface area contributed by atoms with E-state index in [1.54, 1.807) is 6.07 Å². The summed E-state index contributed by atoms with van der Waals surface area (Å²) >= 11 is 0. The highest BCUT2D eigenvalue weighted by Crippen LogP contribution is 2.19. The van der Waals surface area contributed by atoms with Gasteiger partial charge in [0.05, 0.1) is 11.4 Å². The average molecular weight is 217 g/mol. The van der Waals surface area contributed by atoms with Gasteiger partial charge in [0.15, 0.2) is 0 Å². The van der Waals surface area contributed by atoms with E-state index < -0.39 is 15.8 Å². The lowest BCUT2D eigenvalue weighted by Crippen LogP contribution is -2.28. The van der Waals surface area contributed by atoms with Crippen molar-refractivity contribution >= 4 is 15.7 Å². The Labute approximate surface area is 83.2 Å². The Bertz CT molecular complexity index is 417. The predicted molar refractivity (Wildman–Crippen MR) is 54.3 cm³/mol. The molecule has 0 bridgehead atoms. The molecule has 78 valence electrons. The van der Waals surface area contributed by atoms with Crippen LogP contribution in [0.15, 0.2) is 24.3 Å². The van der Waals surface area contributed by atoms with E-state index in [-0.39, 0.29) is 11.4 Å². The second kappa shape index (κ2) is 3.96. The number of rotatable bonds is 3.